The van der Waals surface area contributed by atoms with E-state index in [1.165, 1.54) is 24.0 Å². The van der Waals surface area contributed by atoms with Gasteiger partial charge in [-0.05, 0) is 73.6 Å². The van der Waals surface area contributed by atoms with Crippen molar-refractivity contribution >= 4 is 29.3 Å². The van der Waals surface area contributed by atoms with Crippen molar-refractivity contribution < 1.29 is 9.59 Å². The van der Waals surface area contributed by atoms with Crippen molar-refractivity contribution in [1.29, 1.82) is 0 Å². The van der Waals surface area contributed by atoms with Gasteiger partial charge in [0.1, 0.15) is 0 Å². The Morgan fingerprint density at radius 1 is 0.839 bits per heavy atom. The average molecular weight is 431 g/mol. The van der Waals surface area contributed by atoms with Gasteiger partial charge in [0.25, 0.3) is 0 Å². The highest BCUT2D eigenvalue weighted by atomic mass is 32.2. The fourth-order valence-corrected chi connectivity index (χ4v) is 4.74. The zero-order valence-corrected chi connectivity index (χ0v) is 18.4. The summed E-state index contributed by atoms with van der Waals surface area (Å²) in [6.07, 6.45) is 4.65. The molecule has 5 heteroatoms. The largest absolute Gasteiger partial charge is 0.341 e. The molecule has 3 aromatic rings. The molecule has 2 N–H and O–H groups in total. The lowest BCUT2D eigenvalue weighted by molar-refractivity contribution is -0.136. The van der Waals surface area contributed by atoms with Crippen LogP contribution in [0.2, 0.25) is 0 Å². The fourth-order valence-electron chi connectivity index (χ4n) is 3.82. The van der Waals surface area contributed by atoms with E-state index >= 15 is 0 Å². The Labute approximate surface area is 187 Å². The van der Waals surface area contributed by atoms with Crippen LogP contribution in [0.15, 0.2) is 82.6 Å². The average Bonchev–Trinajstić information content (AvgIpc) is 2.80. The summed E-state index contributed by atoms with van der Waals surface area (Å²) in [7, 11) is 0. The predicted molar refractivity (Wildman–Crippen MR) is 125 cm³/mol. The van der Waals surface area contributed by atoms with E-state index in [9.17, 15) is 9.59 Å². The highest BCUT2D eigenvalue weighted by Gasteiger charge is 2.19. The van der Waals surface area contributed by atoms with Gasteiger partial charge in [0.05, 0.1) is 11.7 Å². The van der Waals surface area contributed by atoms with Gasteiger partial charge in [-0.2, -0.15) is 0 Å². The van der Waals surface area contributed by atoms with Crippen molar-refractivity contribution in [1.82, 2.24) is 5.32 Å². The van der Waals surface area contributed by atoms with Crippen molar-refractivity contribution in [3.05, 3.63) is 89.5 Å². The molecule has 1 aliphatic rings. The molecule has 1 unspecified atom stereocenters. The molecule has 4 rings (SSSR count). The summed E-state index contributed by atoms with van der Waals surface area (Å²) in [5, 5.41) is 5.60. The molecule has 0 aromatic heterocycles. The van der Waals surface area contributed by atoms with Crippen LogP contribution in [0.25, 0.3) is 0 Å². The van der Waals surface area contributed by atoms with Crippen molar-refractivity contribution in [3.8, 4) is 0 Å². The zero-order valence-electron chi connectivity index (χ0n) is 17.6. The molecule has 1 atom stereocenters. The van der Waals surface area contributed by atoms with Crippen LogP contribution in [0.5, 0.6) is 0 Å². The van der Waals surface area contributed by atoms with Crippen LogP contribution < -0.4 is 10.6 Å². The molecule has 3 aromatic carbocycles. The van der Waals surface area contributed by atoms with Gasteiger partial charge in [-0.25, -0.2) is 0 Å². The highest BCUT2D eigenvalue weighted by molar-refractivity contribution is 7.99. The summed E-state index contributed by atoms with van der Waals surface area (Å²) in [6, 6.07) is 23.6. The maximum absolute atomic E-state index is 12.6. The number of nitrogens with one attached hydrogen (secondary N) is 2. The van der Waals surface area contributed by atoms with Gasteiger partial charge >= 0.3 is 11.8 Å². The molecule has 0 fully saturated rings. The number of fused-ring (bicyclic) bond motifs is 1. The first kappa shape index (κ1) is 21.2. The molecule has 2 amide bonds. The van der Waals surface area contributed by atoms with E-state index in [0.29, 0.717) is 5.69 Å². The smallest absolute Gasteiger partial charge is 0.313 e. The van der Waals surface area contributed by atoms with E-state index in [1.807, 2.05) is 61.5 Å². The number of amides is 2. The Morgan fingerprint density at radius 2 is 1.55 bits per heavy atom. The Morgan fingerprint density at radius 3 is 2.35 bits per heavy atom. The quantitative estimate of drug-likeness (QED) is 0.523. The topological polar surface area (TPSA) is 58.2 Å². The second-order valence-corrected chi connectivity index (χ2v) is 8.91. The molecule has 0 spiro atoms. The van der Waals surface area contributed by atoms with Crippen molar-refractivity contribution in [3.63, 3.8) is 0 Å². The molecule has 0 aliphatic heterocycles. The molecule has 4 nitrogen and oxygen atoms in total. The molecule has 0 radical (unpaired) electrons. The van der Waals surface area contributed by atoms with Crippen LogP contribution in [-0.2, 0) is 22.4 Å². The SMILES string of the molecule is CC(NC(=O)C(=O)Nc1ccccc1Sc1ccccc1)c1ccc2c(c1)CCCC2. The summed E-state index contributed by atoms with van der Waals surface area (Å²) in [4.78, 5) is 27.1. The number of carbonyl (C=O) groups excluding carboxylic acids is 2. The number of para-hydroxylation sites is 1. The van der Waals surface area contributed by atoms with E-state index in [1.54, 1.807) is 11.8 Å². The minimum absolute atomic E-state index is 0.237. The number of anilines is 1. The third kappa shape index (κ3) is 5.36. The van der Waals surface area contributed by atoms with E-state index in [0.717, 1.165) is 28.2 Å². The molecule has 0 saturated heterocycles. The van der Waals surface area contributed by atoms with Gasteiger partial charge in [-0.3, -0.25) is 9.59 Å². The summed E-state index contributed by atoms with van der Waals surface area (Å²) in [5.74, 6) is -1.30. The van der Waals surface area contributed by atoms with Gasteiger partial charge < -0.3 is 10.6 Å². The number of hydrogen-bond acceptors (Lipinski definition) is 3. The van der Waals surface area contributed by atoms with Crippen molar-refractivity contribution in [2.24, 2.45) is 0 Å². The van der Waals surface area contributed by atoms with E-state index in [2.05, 4.69) is 28.8 Å². The van der Waals surface area contributed by atoms with E-state index < -0.39 is 11.8 Å². The number of aryl methyl sites for hydroxylation is 2. The van der Waals surface area contributed by atoms with Crippen LogP contribution in [0.3, 0.4) is 0 Å². The van der Waals surface area contributed by atoms with Gasteiger partial charge in [-0.15, -0.1) is 0 Å². The maximum atomic E-state index is 12.6. The monoisotopic (exact) mass is 430 g/mol. The number of benzene rings is 3. The first-order chi connectivity index (χ1) is 15.1. The second-order valence-electron chi connectivity index (χ2n) is 7.80. The van der Waals surface area contributed by atoms with Gasteiger partial charge in [0, 0.05) is 9.79 Å². The Hall–Kier alpha value is -3.05. The molecular formula is C26H26N2O2S. The van der Waals surface area contributed by atoms with Crippen LogP contribution >= 0.6 is 11.8 Å². The Bertz CT molecular complexity index is 1080. The third-order valence-corrected chi connectivity index (χ3v) is 6.62. The summed E-state index contributed by atoms with van der Waals surface area (Å²) < 4.78 is 0. The highest BCUT2D eigenvalue weighted by Crippen LogP contribution is 2.33. The van der Waals surface area contributed by atoms with Crippen LogP contribution in [0, 0.1) is 0 Å². The maximum Gasteiger partial charge on any atom is 0.313 e. The number of hydrogen-bond donors (Lipinski definition) is 2. The lowest BCUT2D eigenvalue weighted by Crippen LogP contribution is -2.37. The van der Waals surface area contributed by atoms with Crippen LogP contribution in [0.4, 0.5) is 5.69 Å². The van der Waals surface area contributed by atoms with Gasteiger partial charge in [0.2, 0.25) is 0 Å². The standard InChI is InChI=1S/C26H26N2O2S/c1-18(20-16-15-19-9-5-6-10-21(19)17-20)27-25(29)26(30)28-23-13-7-8-14-24(23)31-22-11-3-2-4-12-22/h2-4,7-8,11-18H,5-6,9-10H2,1H3,(H,27,29)(H,28,30). The lowest BCUT2D eigenvalue weighted by atomic mass is 9.89. The van der Waals surface area contributed by atoms with E-state index in [-0.39, 0.29) is 6.04 Å². The predicted octanol–water partition coefficient (Wildman–Crippen LogP) is 5.53. The van der Waals surface area contributed by atoms with Gasteiger partial charge in [0.15, 0.2) is 0 Å². The van der Waals surface area contributed by atoms with Crippen LogP contribution in [-0.4, -0.2) is 11.8 Å². The molecule has 0 heterocycles. The molecule has 31 heavy (non-hydrogen) atoms. The minimum atomic E-state index is -0.661. The molecular weight excluding hydrogens is 404 g/mol. The normalized spacial score (nSPS) is 13.7. The van der Waals surface area contributed by atoms with Crippen LogP contribution in [0.1, 0.15) is 42.5 Å². The summed E-state index contributed by atoms with van der Waals surface area (Å²) in [6.45, 7) is 1.91. The number of carbonyl (C=O) groups is 2. The number of rotatable bonds is 5. The lowest BCUT2D eigenvalue weighted by Gasteiger charge is -2.20. The molecule has 1 aliphatic carbocycles. The first-order valence-electron chi connectivity index (χ1n) is 10.7. The Balaban J connectivity index is 1.40. The first-order valence-corrected chi connectivity index (χ1v) is 11.5. The Kier molecular flexibility index (Phi) is 6.73. The second kappa shape index (κ2) is 9.84. The fraction of sp³-hybridized carbons (Fsp3) is 0.231. The molecule has 0 bridgehead atoms. The third-order valence-electron chi connectivity index (χ3n) is 5.53. The summed E-state index contributed by atoms with van der Waals surface area (Å²) >= 11 is 1.55. The van der Waals surface area contributed by atoms with Gasteiger partial charge in [-0.1, -0.05) is 60.3 Å². The molecule has 158 valence electrons. The summed E-state index contributed by atoms with van der Waals surface area (Å²) in [5.41, 5.74) is 4.42. The minimum Gasteiger partial charge on any atom is -0.341 e. The van der Waals surface area contributed by atoms with E-state index in [4.69, 9.17) is 0 Å². The van der Waals surface area contributed by atoms with Crippen molar-refractivity contribution in [2.45, 2.75) is 48.4 Å². The molecule has 0 saturated carbocycles. The van der Waals surface area contributed by atoms with Crippen molar-refractivity contribution in [2.75, 3.05) is 5.32 Å². The zero-order chi connectivity index (χ0) is 21.6.